The average Bonchev–Trinajstić information content (AvgIpc) is 2.62. The lowest BCUT2D eigenvalue weighted by Gasteiger charge is -2.22. The van der Waals surface area contributed by atoms with Crippen LogP contribution in [0.3, 0.4) is 0 Å². The van der Waals surface area contributed by atoms with Crippen LogP contribution in [0.25, 0.3) is 0 Å². The maximum atomic E-state index is 12.7. The Kier molecular flexibility index (Phi) is 7.63. The summed E-state index contributed by atoms with van der Waals surface area (Å²) >= 11 is 7.45. The number of carbonyl (C=O) groups is 1. The smallest absolute Gasteiger partial charge is 0.233 e. The second kappa shape index (κ2) is 9.52. The number of carbonyl (C=O) groups excluding carboxylic acids is 1. The number of hydrogen-bond acceptors (Lipinski definition) is 3. The van der Waals surface area contributed by atoms with Gasteiger partial charge in [-0.1, -0.05) is 25.4 Å². The molecule has 0 heterocycles. The summed E-state index contributed by atoms with van der Waals surface area (Å²) < 4.78 is 5.52. The molecule has 0 saturated carbocycles. The number of rotatable bonds is 7. The minimum absolute atomic E-state index is 0.0174. The molecule has 0 aliphatic heterocycles. The van der Waals surface area contributed by atoms with E-state index in [0.29, 0.717) is 10.9 Å². The molecular weight excluding hydrogens is 378 g/mol. The van der Waals surface area contributed by atoms with Gasteiger partial charge in [0.2, 0.25) is 5.91 Å². The summed E-state index contributed by atoms with van der Waals surface area (Å²) in [6.07, 6.45) is 0. The number of halogens is 1. The average molecular weight is 406 g/mol. The van der Waals surface area contributed by atoms with Crippen LogP contribution in [-0.2, 0) is 4.79 Å². The molecule has 0 aromatic heterocycles. The fourth-order valence-electron chi connectivity index (χ4n) is 2.99. The van der Waals surface area contributed by atoms with Crippen LogP contribution in [0.4, 0.5) is 0 Å². The predicted molar refractivity (Wildman–Crippen MR) is 115 cm³/mol. The molecule has 0 spiro atoms. The second-order valence-electron chi connectivity index (χ2n) is 7.05. The highest BCUT2D eigenvalue weighted by Gasteiger charge is 2.20. The van der Waals surface area contributed by atoms with Crippen LogP contribution in [0.1, 0.15) is 56.3 Å². The van der Waals surface area contributed by atoms with Gasteiger partial charge in [0.05, 0.1) is 18.4 Å². The highest BCUT2D eigenvalue weighted by Crippen LogP contribution is 2.32. The largest absolute Gasteiger partial charge is 0.496 e. The van der Waals surface area contributed by atoms with Crippen LogP contribution >= 0.6 is 23.4 Å². The predicted octanol–water partition coefficient (Wildman–Crippen LogP) is 6.14. The molecule has 0 unspecified atom stereocenters. The second-order valence-corrected chi connectivity index (χ2v) is 8.90. The highest BCUT2D eigenvalue weighted by molar-refractivity contribution is 8.00. The summed E-state index contributed by atoms with van der Waals surface area (Å²) in [6, 6.07) is 11.7. The monoisotopic (exact) mass is 405 g/mol. The number of amides is 1. The van der Waals surface area contributed by atoms with Gasteiger partial charge in [-0.2, -0.15) is 0 Å². The van der Waals surface area contributed by atoms with Crippen molar-refractivity contribution in [2.45, 2.75) is 56.7 Å². The third-order valence-electron chi connectivity index (χ3n) is 4.56. The van der Waals surface area contributed by atoms with E-state index in [2.05, 4.69) is 38.2 Å². The molecule has 1 N–H and O–H groups in total. The van der Waals surface area contributed by atoms with Crippen LogP contribution in [0.5, 0.6) is 5.75 Å². The number of aryl methyl sites for hydroxylation is 1. The number of nitrogens with one attached hydrogen (secondary N) is 1. The Hall–Kier alpha value is -1.65. The van der Waals surface area contributed by atoms with Crippen LogP contribution < -0.4 is 10.1 Å². The quantitative estimate of drug-likeness (QED) is 0.562. The molecule has 2 rings (SSSR count). The van der Waals surface area contributed by atoms with Crippen molar-refractivity contribution in [1.29, 1.82) is 0 Å². The van der Waals surface area contributed by atoms with Crippen LogP contribution in [0.2, 0.25) is 5.02 Å². The summed E-state index contributed by atoms with van der Waals surface area (Å²) in [4.78, 5) is 13.7. The molecule has 1 amide bonds. The Balaban J connectivity index is 2.11. The van der Waals surface area contributed by atoms with E-state index in [1.54, 1.807) is 7.11 Å². The van der Waals surface area contributed by atoms with Gasteiger partial charge in [0.15, 0.2) is 0 Å². The van der Waals surface area contributed by atoms with E-state index < -0.39 is 0 Å². The number of ether oxygens (including phenoxy) is 1. The fourth-order valence-corrected chi connectivity index (χ4v) is 3.99. The molecule has 0 saturated heterocycles. The molecule has 0 aliphatic carbocycles. The van der Waals surface area contributed by atoms with Gasteiger partial charge in [-0.25, -0.2) is 0 Å². The third kappa shape index (κ3) is 5.66. The molecule has 5 heteroatoms. The first-order valence-corrected chi connectivity index (χ1v) is 10.4. The van der Waals surface area contributed by atoms with Gasteiger partial charge >= 0.3 is 0 Å². The lowest BCUT2D eigenvalue weighted by Crippen LogP contribution is -2.33. The molecule has 0 bridgehead atoms. The standard InChI is InChI=1S/C22H28ClNO2S/c1-13(2)19-12-20(14(3)11-21(19)26-6)15(4)24-22(25)16(5)27-18-9-7-17(23)8-10-18/h7-13,15-16H,1-6H3,(H,24,25)/t15-,16+/m0/s1. The van der Waals surface area contributed by atoms with E-state index in [0.717, 1.165) is 27.3 Å². The summed E-state index contributed by atoms with van der Waals surface area (Å²) in [5, 5.41) is 3.64. The van der Waals surface area contributed by atoms with Crippen molar-refractivity contribution in [3.8, 4) is 5.75 Å². The molecular formula is C22H28ClNO2S. The number of methoxy groups -OCH3 is 1. The van der Waals surface area contributed by atoms with E-state index >= 15 is 0 Å². The number of benzene rings is 2. The maximum absolute atomic E-state index is 12.7. The Morgan fingerprint density at radius 3 is 2.26 bits per heavy atom. The van der Waals surface area contributed by atoms with Crippen molar-refractivity contribution in [2.24, 2.45) is 0 Å². The molecule has 3 nitrogen and oxygen atoms in total. The molecule has 146 valence electrons. The molecule has 2 aromatic carbocycles. The van der Waals surface area contributed by atoms with E-state index in [-0.39, 0.29) is 17.2 Å². The van der Waals surface area contributed by atoms with Gasteiger partial charge < -0.3 is 10.1 Å². The van der Waals surface area contributed by atoms with Crippen molar-refractivity contribution in [1.82, 2.24) is 5.32 Å². The van der Waals surface area contributed by atoms with E-state index in [1.807, 2.05) is 38.1 Å². The molecule has 0 aliphatic rings. The Morgan fingerprint density at radius 1 is 1.07 bits per heavy atom. The van der Waals surface area contributed by atoms with Gasteiger partial charge in [-0.3, -0.25) is 4.79 Å². The van der Waals surface area contributed by atoms with Crippen LogP contribution in [-0.4, -0.2) is 18.3 Å². The molecule has 0 fully saturated rings. The molecule has 0 radical (unpaired) electrons. The zero-order chi connectivity index (χ0) is 20.1. The van der Waals surface area contributed by atoms with Crippen LogP contribution in [0, 0.1) is 6.92 Å². The Labute approximate surface area is 171 Å². The van der Waals surface area contributed by atoms with E-state index in [1.165, 1.54) is 11.8 Å². The van der Waals surface area contributed by atoms with Gasteiger partial charge in [0.1, 0.15) is 5.75 Å². The molecule has 27 heavy (non-hydrogen) atoms. The van der Waals surface area contributed by atoms with Gasteiger partial charge in [0, 0.05) is 9.92 Å². The Bertz CT molecular complexity index is 790. The van der Waals surface area contributed by atoms with Crippen molar-refractivity contribution in [2.75, 3.05) is 7.11 Å². The van der Waals surface area contributed by atoms with Crippen molar-refractivity contribution in [3.63, 3.8) is 0 Å². The van der Waals surface area contributed by atoms with Gasteiger partial charge in [0.25, 0.3) is 0 Å². The zero-order valence-corrected chi connectivity index (χ0v) is 18.4. The maximum Gasteiger partial charge on any atom is 0.233 e. The SMILES string of the molecule is COc1cc(C)c([C@H](C)NC(=O)[C@@H](C)Sc2ccc(Cl)cc2)cc1C(C)C. The first-order valence-electron chi connectivity index (χ1n) is 9.14. The summed E-state index contributed by atoms with van der Waals surface area (Å²) in [6.45, 7) is 10.3. The van der Waals surface area contributed by atoms with E-state index in [9.17, 15) is 4.79 Å². The first-order chi connectivity index (χ1) is 12.7. The number of thioether (sulfide) groups is 1. The summed E-state index contributed by atoms with van der Waals surface area (Å²) in [5.41, 5.74) is 3.39. The normalized spacial score (nSPS) is 13.3. The van der Waals surface area contributed by atoms with Crippen LogP contribution in [0.15, 0.2) is 41.3 Å². The van der Waals surface area contributed by atoms with E-state index in [4.69, 9.17) is 16.3 Å². The highest BCUT2D eigenvalue weighted by atomic mass is 35.5. The third-order valence-corrected chi connectivity index (χ3v) is 5.93. The molecule has 2 aromatic rings. The number of hydrogen-bond donors (Lipinski definition) is 1. The zero-order valence-electron chi connectivity index (χ0n) is 16.8. The van der Waals surface area contributed by atoms with Crippen molar-refractivity contribution >= 4 is 29.3 Å². The topological polar surface area (TPSA) is 38.3 Å². The minimum atomic E-state index is -0.197. The summed E-state index contributed by atoms with van der Waals surface area (Å²) in [5.74, 6) is 1.27. The fraction of sp³-hybridized carbons (Fsp3) is 0.409. The van der Waals surface area contributed by atoms with Gasteiger partial charge in [-0.05, 0) is 79.8 Å². The lowest BCUT2D eigenvalue weighted by molar-refractivity contribution is -0.120. The summed E-state index contributed by atoms with van der Waals surface area (Å²) in [7, 11) is 1.70. The lowest BCUT2D eigenvalue weighted by atomic mass is 9.93. The van der Waals surface area contributed by atoms with Gasteiger partial charge in [-0.15, -0.1) is 11.8 Å². The van der Waals surface area contributed by atoms with Crippen molar-refractivity contribution in [3.05, 3.63) is 58.1 Å². The van der Waals surface area contributed by atoms with Crippen molar-refractivity contribution < 1.29 is 9.53 Å². The minimum Gasteiger partial charge on any atom is -0.496 e. The Morgan fingerprint density at radius 2 is 1.70 bits per heavy atom. The first kappa shape index (κ1) is 21.6. The molecule has 2 atom stereocenters.